The van der Waals surface area contributed by atoms with Crippen LogP contribution in [0.3, 0.4) is 0 Å². The summed E-state index contributed by atoms with van der Waals surface area (Å²) < 4.78 is 23.8. The van der Waals surface area contributed by atoms with Gasteiger partial charge in [-0.3, -0.25) is 4.90 Å². The SMILES string of the molecule is CC(C)CCN(Cc1ccc(F)cc1)C[C@H](O)COCc1ccco1. The summed E-state index contributed by atoms with van der Waals surface area (Å²) in [6, 6.07) is 10.2. The predicted octanol–water partition coefficient (Wildman–Crippen LogP) is 3.84. The van der Waals surface area contributed by atoms with Gasteiger partial charge < -0.3 is 14.3 Å². The first-order chi connectivity index (χ1) is 12.0. The fraction of sp³-hybridized carbons (Fsp3) is 0.500. The van der Waals surface area contributed by atoms with Crippen LogP contribution in [0.5, 0.6) is 0 Å². The summed E-state index contributed by atoms with van der Waals surface area (Å²) in [5.41, 5.74) is 1.04. The second kappa shape index (κ2) is 10.3. The van der Waals surface area contributed by atoms with E-state index in [0.29, 0.717) is 25.6 Å². The number of ether oxygens (including phenoxy) is 1. The van der Waals surface area contributed by atoms with Crippen molar-refractivity contribution in [1.29, 1.82) is 0 Å². The Labute approximate surface area is 149 Å². The largest absolute Gasteiger partial charge is 0.467 e. The number of furan rings is 1. The molecule has 0 aliphatic heterocycles. The highest BCUT2D eigenvalue weighted by molar-refractivity contribution is 5.15. The zero-order valence-electron chi connectivity index (χ0n) is 15.0. The normalized spacial score (nSPS) is 12.9. The fourth-order valence-electron chi connectivity index (χ4n) is 2.56. The summed E-state index contributed by atoms with van der Waals surface area (Å²) >= 11 is 0. The number of benzene rings is 1. The summed E-state index contributed by atoms with van der Waals surface area (Å²) in [4.78, 5) is 2.19. The van der Waals surface area contributed by atoms with Crippen LogP contribution in [-0.4, -0.2) is 35.8 Å². The second-order valence-electron chi connectivity index (χ2n) is 6.79. The molecule has 4 nitrogen and oxygen atoms in total. The monoisotopic (exact) mass is 349 g/mol. The van der Waals surface area contributed by atoms with E-state index in [1.807, 2.05) is 12.1 Å². The summed E-state index contributed by atoms with van der Waals surface area (Å²) in [5.74, 6) is 1.10. The molecule has 1 N–H and O–H groups in total. The lowest BCUT2D eigenvalue weighted by Gasteiger charge is -2.26. The van der Waals surface area contributed by atoms with Crippen molar-refractivity contribution in [1.82, 2.24) is 4.90 Å². The van der Waals surface area contributed by atoms with E-state index in [1.165, 1.54) is 12.1 Å². The second-order valence-corrected chi connectivity index (χ2v) is 6.79. The van der Waals surface area contributed by atoms with Crippen molar-refractivity contribution in [2.45, 2.75) is 39.5 Å². The van der Waals surface area contributed by atoms with Crippen molar-refractivity contribution >= 4 is 0 Å². The molecular formula is C20H28FNO3. The van der Waals surface area contributed by atoms with Crippen molar-refractivity contribution in [3.63, 3.8) is 0 Å². The third-order valence-corrected chi connectivity index (χ3v) is 3.95. The van der Waals surface area contributed by atoms with Gasteiger partial charge in [-0.2, -0.15) is 0 Å². The fourth-order valence-corrected chi connectivity index (χ4v) is 2.56. The van der Waals surface area contributed by atoms with Crippen LogP contribution in [0, 0.1) is 11.7 Å². The third kappa shape index (κ3) is 7.82. The van der Waals surface area contributed by atoms with Gasteiger partial charge >= 0.3 is 0 Å². The topological polar surface area (TPSA) is 45.8 Å². The molecule has 0 fully saturated rings. The molecule has 0 unspecified atom stereocenters. The minimum Gasteiger partial charge on any atom is -0.467 e. The van der Waals surface area contributed by atoms with E-state index in [9.17, 15) is 9.50 Å². The smallest absolute Gasteiger partial charge is 0.129 e. The quantitative estimate of drug-likeness (QED) is 0.669. The van der Waals surface area contributed by atoms with Crippen molar-refractivity contribution in [3.05, 3.63) is 59.8 Å². The highest BCUT2D eigenvalue weighted by Gasteiger charge is 2.14. The summed E-state index contributed by atoms with van der Waals surface area (Å²) in [6.45, 7) is 7.04. The van der Waals surface area contributed by atoms with Crippen molar-refractivity contribution in [2.24, 2.45) is 5.92 Å². The van der Waals surface area contributed by atoms with E-state index >= 15 is 0 Å². The van der Waals surface area contributed by atoms with Gasteiger partial charge in [0.1, 0.15) is 18.2 Å². The zero-order valence-corrected chi connectivity index (χ0v) is 15.0. The number of halogens is 1. The first-order valence-electron chi connectivity index (χ1n) is 8.78. The van der Waals surface area contributed by atoms with Gasteiger partial charge in [-0.1, -0.05) is 26.0 Å². The molecule has 5 heteroatoms. The maximum atomic E-state index is 13.1. The molecule has 0 saturated heterocycles. The summed E-state index contributed by atoms with van der Waals surface area (Å²) in [5, 5.41) is 10.3. The van der Waals surface area contributed by atoms with E-state index in [-0.39, 0.29) is 12.4 Å². The molecule has 1 atom stereocenters. The molecule has 0 amide bonds. The van der Waals surface area contributed by atoms with Crippen LogP contribution in [0.2, 0.25) is 0 Å². The average Bonchev–Trinajstić information content (AvgIpc) is 3.08. The Balaban J connectivity index is 1.82. The Kier molecular flexibility index (Phi) is 8.12. The van der Waals surface area contributed by atoms with Gasteiger partial charge in [-0.05, 0) is 48.7 Å². The van der Waals surface area contributed by atoms with Crippen LogP contribution in [0.4, 0.5) is 4.39 Å². The number of rotatable bonds is 11. The van der Waals surface area contributed by atoms with Crippen LogP contribution >= 0.6 is 0 Å². The summed E-state index contributed by atoms with van der Waals surface area (Å²) in [7, 11) is 0. The minimum absolute atomic E-state index is 0.233. The molecule has 1 aromatic heterocycles. The van der Waals surface area contributed by atoms with Crippen LogP contribution in [-0.2, 0) is 17.9 Å². The molecule has 0 bridgehead atoms. The molecule has 1 aromatic carbocycles. The Morgan fingerprint density at radius 2 is 1.96 bits per heavy atom. The van der Waals surface area contributed by atoms with Crippen LogP contribution < -0.4 is 0 Å². The first-order valence-corrected chi connectivity index (χ1v) is 8.78. The number of aliphatic hydroxyl groups excluding tert-OH is 1. The van der Waals surface area contributed by atoms with Gasteiger partial charge in [-0.15, -0.1) is 0 Å². The maximum Gasteiger partial charge on any atom is 0.129 e. The van der Waals surface area contributed by atoms with Gasteiger partial charge in [0.15, 0.2) is 0 Å². The van der Waals surface area contributed by atoms with Gasteiger partial charge in [0.2, 0.25) is 0 Å². The molecular weight excluding hydrogens is 321 g/mol. The molecule has 1 heterocycles. The lowest BCUT2D eigenvalue weighted by atomic mass is 10.1. The van der Waals surface area contributed by atoms with E-state index < -0.39 is 6.10 Å². The lowest BCUT2D eigenvalue weighted by molar-refractivity contribution is 0.00325. The Hall–Kier alpha value is -1.69. The van der Waals surface area contributed by atoms with E-state index in [2.05, 4.69) is 18.7 Å². The van der Waals surface area contributed by atoms with E-state index in [1.54, 1.807) is 18.4 Å². The lowest BCUT2D eigenvalue weighted by Crippen LogP contribution is -2.35. The molecule has 0 radical (unpaired) electrons. The minimum atomic E-state index is -0.581. The van der Waals surface area contributed by atoms with Crippen molar-refractivity contribution in [3.8, 4) is 0 Å². The zero-order chi connectivity index (χ0) is 18.1. The highest BCUT2D eigenvalue weighted by Crippen LogP contribution is 2.11. The van der Waals surface area contributed by atoms with Crippen LogP contribution in [0.15, 0.2) is 47.1 Å². The molecule has 2 rings (SSSR count). The van der Waals surface area contributed by atoms with E-state index in [0.717, 1.165) is 24.3 Å². The molecule has 0 aliphatic carbocycles. The Morgan fingerprint density at radius 3 is 2.60 bits per heavy atom. The molecule has 138 valence electrons. The first kappa shape index (κ1) is 19.6. The van der Waals surface area contributed by atoms with Crippen LogP contribution in [0.25, 0.3) is 0 Å². The van der Waals surface area contributed by atoms with Crippen LogP contribution in [0.1, 0.15) is 31.6 Å². The third-order valence-electron chi connectivity index (χ3n) is 3.95. The molecule has 0 spiro atoms. The molecule has 25 heavy (non-hydrogen) atoms. The number of hydrogen-bond donors (Lipinski definition) is 1. The molecule has 2 aromatic rings. The maximum absolute atomic E-state index is 13.1. The standard InChI is InChI=1S/C20H28FNO3/c1-16(2)9-10-22(12-17-5-7-18(21)8-6-17)13-19(23)14-24-15-20-4-3-11-25-20/h3-8,11,16,19,23H,9-10,12-15H2,1-2H3/t19-/m0/s1. The number of aliphatic hydroxyl groups is 1. The van der Waals surface area contributed by atoms with Gasteiger partial charge in [0.25, 0.3) is 0 Å². The molecule has 0 saturated carbocycles. The average molecular weight is 349 g/mol. The van der Waals surface area contributed by atoms with Crippen molar-refractivity contribution < 1.29 is 18.7 Å². The highest BCUT2D eigenvalue weighted by atomic mass is 19.1. The van der Waals surface area contributed by atoms with Gasteiger partial charge in [0.05, 0.1) is 19.0 Å². The van der Waals surface area contributed by atoms with Gasteiger partial charge in [0, 0.05) is 13.1 Å². The number of hydrogen-bond acceptors (Lipinski definition) is 4. The summed E-state index contributed by atoms with van der Waals surface area (Å²) in [6.07, 6.45) is 2.06. The Bertz CT molecular complexity index is 583. The van der Waals surface area contributed by atoms with E-state index in [4.69, 9.17) is 9.15 Å². The van der Waals surface area contributed by atoms with Gasteiger partial charge in [-0.25, -0.2) is 4.39 Å². The predicted molar refractivity (Wildman–Crippen MR) is 95.5 cm³/mol. The number of nitrogens with zero attached hydrogens (tertiary/aromatic N) is 1. The molecule has 0 aliphatic rings. The Morgan fingerprint density at radius 1 is 1.20 bits per heavy atom. The van der Waals surface area contributed by atoms with Crippen molar-refractivity contribution in [2.75, 3.05) is 19.7 Å².